The van der Waals surface area contributed by atoms with Gasteiger partial charge in [0.05, 0.1) is 11.5 Å². The second-order valence-electron chi connectivity index (χ2n) is 6.40. The van der Waals surface area contributed by atoms with Crippen LogP contribution in [0, 0.1) is 11.3 Å². The van der Waals surface area contributed by atoms with E-state index in [0.29, 0.717) is 12.8 Å². The van der Waals surface area contributed by atoms with Gasteiger partial charge in [-0.1, -0.05) is 36.8 Å². The zero-order valence-electron chi connectivity index (χ0n) is 12.5. The molecule has 1 aliphatic heterocycles. The van der Waals surface area contributed by atoms with Crippen LogP contribution in [0.1, 0.15) is 37.8 Å². The van der Waals surface area contributed by atoms with Crippen LogP contribution in [0.4, 0.5) is 4.39 Å². The van der Waals surface area contributed by atoms with Gasteiger partial charge in [-0.25, -0.2) is 4.39 Å². The Hall–Kier alpha value is -1.91. The minimum absolute atomic E-state index is 0.183. The fourth-order valence-electron chi connectivity index (χ4n) is 3.74. The van der Waals surface area contributed by atoms with Crippen molar-refractivity contribution in [3.8, 4) is 0 Å². The Morgan fingerprint density at radius 1 is 1.36 bits per heavy atom. The van der Waals surface area contributed by atoms with E-state index in [1.807, 2.05) is 37.3 Å². The number of carbonyl (C=O) groups is 2. The van der Waals surface area contributed by atoms with Crippen molar-refractivity contribution in [3.63, 3.8) is 0 Å². The predicted molar refractivity (Wildman–Crippen MR) is 78.9 cm³/mol. The predicted octanol–water partition coefficient (Wildman–Crippen LogP) is 2.80. The third-order valence-electron chi connectivity index (χ3n) is 5.40. The summed E-state index contributed by atoms with van der Waals surface area (Å²) in [7, 11) is 0. The van der Waals surface area contributed by atoms with Gasteiger partial charge in [0, 0.05) is 12.5 Å². The lowest BCUT2D eigenvalue weighted by Gasteiger charge is -2.42. The van der Waals surface area contributed by atoms with E-state index < -0.39 is 29.4 Å². The molecule has 1 saturated heterocycles. The number of aliphatic carboxylic acids is 1. The highest BCUT2D eigenvalue weighted by atomic mass is 19.1. The van der Waals surface area contributed by atoms with Gasteiger partial charge in [-0.2, -0.15) is 0 Å². The van der Waals surface area contributed by atoms with Crippen molar-refractivity contribution in [1.82, 2.24) is 4.90 Å². The first-order chi connectivity index (χ1) is 10.5. The molecule has 1 saturated carbocycles. The van der Waals surface area contributed by atoms with Crippen LogP contribution in [-0.4, -0.2) is 34.6 Å². The molecular weight excluding hydrogens is 285 g/mol. The third kappa shape index (κ3) is 2.11. The Labute approximate surface area is 128 Å². The second kappa shape index (κ2) is 5.38. The van der Waals surface area contributed by atoms with Gasteiger partial charge in [-0.05, 0) is 25.3 Å². The Morgan fingerprint density at radius 2 is 2.00 bits per heavy atom. The van der Waals surface area contributed by atoms with E-state index in [1.54, 1.807) is 0 Å². The highest BCUT2D eigenvalue weighted by Gasteiger charge is 2.59. The van der Waals surface area contributed by atoms with Crippen LogP contribution in [-0.2, 0) is 9.59 Å². The molecule has 3 atom stereocenters. The number of rotatable bonds is 4. The van der Waals surface area contributed by atoms with E-state index in [1.165, 1.54) is 4.90 Å². The summed E-state index contributed by atoms with van der Waals surface area (Å²) < 4.78 is 14.5. The summed E-state index contributed by atoms with van der Waals surface area (Å²) in [5, 5.41) is 9.49. The van der Waals surface area contributed by atoms with Crippen molar-refractivity contribution in [1.29, 1.82) is 0 Å². The minimum Gasteiger partial charge on any atom is -0.481 e. The number of halogens is 1. The van der Waals surface area contributed by atoms with Gasteiger partial charge in [0.2, 0.25) is 0 Å². The molecule has 5 heteroatoms. The number of amides is 1. The maximum absolute atomic E-state index is 14.5. The molecule has 2 fully saturated rings. The Bertz CT molecular complexity index is 585. The number of hydrogen-bond donors (Lipinski definition) is 1. The molecule has 0 bridgehead atoms. The first kappa shape index (κ1) is 15.0. The van der Waals surface area contributed by atoms with Crippen LogP contribution in [0.5, 0.6) is 0 Å². The number of carbonyl (C=O) groups excluding carboxylic acids is 1. The number of nitrogens with zero attached hydrogens (tertiary/aromatic N) is 1. The van der Waals surface area contributed by atoms with E-state index >= 15 is 0 Å². The lowest BCUT2D eigenvalue weighted by Crippen LogP contribution is -2.48. The number of carboxylic acids is 1. The van der Waals surface area contributed by atoms with Crippen molar-refractivity contribution >= 4 is 11.9 Å². The summed E-state index contributed by atoms with van der Waals surface area (Å²) in [4.78, 5) is 25.4. The normalized spacial score (nSPS) is 28.3. The molecular formula is C17H20FNO3. The topological polar surface area (TPSA) is 57.6 Å². The van der Waals surface area contributed by atoms with Crippen LogP contribution in [0.15, 0.2) is 30.3 Å². The molecule has 0 radical (unpaired) electrons. The first-order valence-electron chi connectivity index (χ1n) is 7.70. The third-order valence-corrected chi connectivity index (χ3v) is 5.40. The maximum atomic E-state index is 14.5. The molecule has 0 aromatic heterocycles. The summed E-state index contributed by atoms with van der Waals surface area (Å²) >= 11 is 0. The molecule has 2 aliphatic rings. The van der Waals surface area contributed by atoms with Crippen molar-refractivity contribution < 1.29 is 19.1 Å². The average molecular weight is 305 g/mol. The second-order valence-corrected chi connectivity index (χ2v) is 6.40. The summed E-state index contributed by atoms with van der Waals surface area (Å²) in [5.41, 5.74) is -0.123. The molecule has 1 aliphatic carbocycles. The highest BCUT2D eigenvalue weighted by Crippen LogP contribution is 2.52. The monoisotopic (exact) mass is 305 g/mol. The summed E-state index contributed by atoms with van der Waals surface area (Å²) in [6, 6.07) is 9.19. The van der Waals surface area contributed by atoms with Gasteiger partial charge in [0.25, 0.3) is 5.91 Å². The van der Waals surface area contributed by atoms with Crippen molar-refractivity contribution in [2.45, 2.75) is 38.4 Å². The Kier molecular flexibility index (Phi) is 3.67. The lowest BCUT2D eigenvalue weighted by molar-refractivity contribution is -0.161. The fourth-order valence-corrected chi connectivity index (χ4v) is 3.74. The standard InChI is InChI=1S/C17H20FNO3/c1-11(12-6-3-2-4-7-12)19-10-13(14(18)15(19)20)17(16(21)22)8-5-9-17/h2-4,6-7,11,13-14H,5,8-10H2,1H3,(H,21,22). The molecule has 22 heavy (non-hydrogen) atoms. The highest BCUT2D eigenvalue weighted by molar-refractivity contribution is 5.86. The zero-order chi connectivity index (χ0) is 15.9. The molecule has 1 N–H and O–H groups in total. The Balaban J connectivity index is 1.84. The van der Waals surface area contributed by atoms with E-state index in [4.69, 9.17) is 0 Å². The van der Waals surface area contributed by atoms with Gasteiger partial charge in [0.1, 0.15) is 0 Å². The number of alkyl halides is 1. The van der Waals surface area contributed by atoms with E-state index in [-0.39, 0.29) is 12.6 Å². The summed E-state index contributed by atoms with van der Waals surface area (Å²) in [6.07, 6.45) is 0.0167. The largest absolute Gasteiger partial charge is 0.481 e. The Morgan fingerprint density at radius 3 is 2.50 bits per heavy atom. The van der Waals surface area contributed by atoms with Crippen molar-refractivity contribution in [2.24, 2.45) is 11.3 Å². The first-order valence-corrected chi connectivity index (χ1v) is 7.70. The van der Waals surface area contributed by atoms with Crippen LogP contribution in [0.25, 0.3) is 0 Å². The molecule has 118 valence electrons. The molecule has 1 heterocycles. The molecule has 4 nitrogen and oxygen atoms in total. The van der Waals surface area contributed by atoms with Crippen LogP contribution in [0.3, 0.4) is 0 Å². The summed E-state index contributed by atoms with van der Waals surface area (Å²) in [5.74, 6) is -2.28. The number of hydrogen-bond acceptors (Lipinski definition) is 2. The van der Waals surface area contributed by atoms with E-state index in [9.17, 15) is 19.1 Å². The van der Waals surface area contributed by atoms with Crippen LogP contribution >= 0.6 is 0 Å². The zero-order valence-corrected chi connectivity index (χ0v) is 12.5. The molecule has 3 unspecified atom stereocenters. The van der Waals surface area contributed by atoms with Crippen molar-refractivity contribution in [3.05, 3.63) is 35.9 Å². The minimum atomic E-state index is -1.71. The average Bonchev–Trinajstić information content (AvgIpc) is 2.75. The van der Waals surface area contributed by atoms with Gasteiger partial charge >= 0.3 is 5.97 Å². The SMILES string of the molecule is CC(c1ccccc1)N1CC(C2(C(=O)O)CCC2)C(F)C1=O. The van der Waals surface area contributed by atoms with Crippen LogP contribution < -0.4 is 0 Å². The van der Waals surface area contributed by atoms with Crippen LogP contribution in [0.2, 0.25) is 0 Å². The smallest absolute Gasteiger partial charge is 0.310 e. The maximum Gasteiger partial charge on any atom is 0.310 e. The quantitative estimate of drug-likeness (QED) is 0.930. The van der Waals surface area contributed by atoms with Gasteiger partial charge in [-0.15, -0.1) is 0 Å². The molecule has 1 amide bonds. The summed E-state index contributed by atoms with van der Waals surface area (Å²) in [6.45, 7) is 2.04. The fraction of sp³-hybridized carbons (Fsp3) is 0.529. The molecule has 1 aromatic carbocycles. The van der Waals surface area contributed by atoms with Gasteiger partial charge in [0.15, 0.2) is 6.17 Å². The number of likely N-dealkylation sites (tertiary alicyclic amines) is 1. The number of benzene rings is 1. The van der Waals surface area contributed by atoms with Gasteiger partial charge in [-0.3, -0.25) is 9.59 Å². The van der Waals surface area contributed by atoms with Crippen molar-refractivity contribution in [2.75, 3.05) is 6.54 Å². The lowest BCUT2D eigenvalue weighted by atomic mass is 9.60. The van der Waals surface area contributed by atoms with E-state index in [2.05, 4.69) is 0 Å². The molecule has 3 rings (SSSR count). The van der Waals surface area contributed by atoms with Gasteiger partial charge < -0.3 is 10.0 Å². The molecule has 1 aromatic rings. The molecule has 0 spiro atoms. The van der Waals surface area contributed by atoms with E-state index in [0.717, 1.165) is 12.0 Å². The number of carboxylic acid groups (broad SMARTS) is 1.